The molecule has 1 aliphatic heterocycles. The highest BCUT2D eigenvalue weighted by atomic mass is 16.7. The molecule has 0 unspecified atom stereocenters. The molecule has 2 N–H and O–H groups in total. The van der Waals surface area contributed by atoms with Gasteiger partial charge < -0.3 is 19.7 Å². The highest BCUT2D eigenvalue weighted by Crippen LogP contribution is 2.44. The van der Waals surface area contributed by atoms with Crippen LogP contribution in [0.1, 0.15) is 134 Å². The predicted molar refractivity (Wildman–Crippen MR) is 208 cm³/mol. The van der Waals surface area contributed by atoms with E-state index in [0.717, 1.165) is 39.3 Å². The molecule has 3 fully saturated rings. The minimum absolute atomic E-state index is 0.0596. The van der Waals surface area contributed by atoms with Crippen molar-refractivity contribution in [1.82, 2.24) is 0 Å². The summed E-state index contributed by atoms with van der Waals surface area (Å²) in [4.78, 5) is 26.2. The highest BCUT2D eigenvalue weighted by molar-refractivity contribution is 6.62. The molecule has 0 atom stereocenters. The van der Waals surface area contributed by atoms with Crippen molar-refractivity contribution in [3.8, 4) is 11.1 Å². The standard InChI is InChI=1S/C44H58BNO5/c1-7-8-9-10-31-11-13-32(14-12-31)33-15-17-34(18-16-33)35-19-21-37(22-20-35)44(41(48)49)27-25-36(26-28-44)40(47)46-38-23-24-39(30(2)29-38)45-50-42(3,4)43(5,6)51-45/h15-24,29,31-32,36H,7-14,25-28H2,1-6H3,(H,46,47)(H,48,49)/t31-,32-,36-,44-. The molecule has 2 aliphatic carbocycles. The molecule has 0 radical (unpaired) electrons. The van der Waals surface area contributed by atoms with Gasteiger partial charge in [-0.05, 0) is 143 Å². The first kappa shape index (κ1) is 37.3. The fourth-order valence-electron chi connectivity index (χ4n) is 8.63. The summed E-state index contributed by atoms with van der Waals surface area (Å²) in [7, 11) is -0.462. The van der Waals surface area contributed by atoms with Gasteiger partial charge in [-0.1, -0.05) is 87.2 Å². The van der Waals surface area contributed by atoms with Gasteiger partial charge in [-0.3, -0.25) is 9.59 Å². The number of unbranched alkanes of at least 4 members (excludes halogenated alkanes) is 2. The van der Waals surface area contributed by atoms with Crippen molar-refractivity contribution in [2.45, 2.75) is 141 Å². The van der Waals surface area contributed by atoms with Crippen molar-refractivity contribution in [1.29, 1.82) is 0 Å². The van der Waals surface area contributed by atoms with Gasteiger partial charge in [-0.15, -0.1) is 0 Å². The van der Waals surface area contributed by atoms with Gasteiger partial charge in [0, 0.05) is 11.6 Å². The van der Waals surface area contributed by atoms with Crippen molar-refractivity contribution in [2.75, 3.05) is 5.32 Å². The number of aliphatic carboxylic acids is 1. The van der Waals surface area contributed by atoms with Crippen molar-refractivity contribution >= 4 is 30.1 Å². The molecule has 7 heteroatoms. The topological polar surface area (TPSA) is 84.9 Å². The fraction of sp³-hybridized carbons (Fsp3) is 0.545. The maximum atomic E-state index is 13.4. The lowest BCUT2D eigenvalue weighted by atomic mass is 9.66. The zero-order valence-electron chi connectivity index (χ0n) is 31.7. The number of anilines is 1. The van der Waals surface area contributed by atoms with Crippen molar-refractivity contribution in [3.05, 3.63) is 83.4 Å². The van der Waals surface area contributed by atoms with Crippen LogP contribution in [0.2, 0.25) is 0 Å². The molecule has 6 rings (SSSR count). The maximum Gasteiger partial charge on any atom is 0.495 e. The van der Waals surface area contributed by atoms with Gasteiger partial charge in [0.1, 0.15) is 0 Å². The lowest BCUT2D eigenvalue weighted by Crippen LogP contribution is -2.41. The lowest BCUT2D eigenvalue weighted by molar-refractivity contribution is -0.146. The first-order valence-corrected chi connectivity index (χ1v) is 19.5. The Morgan fingerprint density at radius 3 is 1.94 bits per heavy atom. The van der Waals surface area contributed by atoms with E-state index in [1.54, 1.807) is 0 Å². The van der Waals surface area contributed by atoms with Crippen LogP contribution in [-0.4, -0.2) is 35.3 Å². The highest BCUT2D eigenvalue weighted by Gasteiger charge is 2.52. The molecule has 3 aliphatic rings. The Morgan fingerprint density at radius 1 is 0.804 bits per heavy atom. The molecular weight excluding hydrogens is 633 g/mol. The zero-order chi connectivity index (χ0) is 36.4. The number of carboxylic acids is 1. The minimum atomic E-state index is -0.990. The van der Waals surface area contributed by atoms with E-state index in [0.29, 0.717) is 31.6 Å². The van der Waals surface area contributed by atoms with E-state index in [1.165, 1.54) is 56.9 Å². The third-order valence-electron chi connectivity index (χ3n) is 12.9. The van der Waals surface area contributed by atoms with Crippen LogP contribution in [0.25, 0.3) is 11.1 Å². The molecule has 2 saturated carbocycles. The van der Waals surface area contributed by atoms with Crippen molar-refractivity contribution in [2.24, 2.45) is 11.8 Å². The van der Waals surface area contributed by atoms with E-state index in [-0.39, 0.29) is 11.8 Å². The number of hydrogen-bond acceptors (Lipinski definition) is 4. The molecule has 1 heterocycles. The first-order chi connectivity index (χ1) is 24.3. The third kappa shape index (κ3) is 8.00. The van der Waals surface area contributed by atoms with Crippen molar-refractivity contribution in [3.63, 3.8) is 0 Å². The van der Waals surface area contributed by atoms with Crippen LogP contribution in [0.3, 0.4) is 0 Å². The van der Waals surface area contributed by atoms with E-state index < -0.39 is 29.7 Å². The summed E-state index contributed by atoms with van der Waals surface area (Å²) in [5, 5.41) is 13.6. The summed E-state index contributed by atoms with van der Waals surface area (Å²) in [6.45, 7) is 12.4. The van der Waals surface area contributed by atoms with Crippen LogP contribution in [0.4, 0.5) is 5.69 Å². The number of amides is 1. The van der Waals surface area contributed by atoms with E-state index in [1.807, 2.05) is 65.0 Å². The second-order valence-electron chi connectivity index (χ2n) is 16.7. The Hall–Kier alpha value is -3.42. The first-order valence-electron chi connectivity index (χ1n) is 19.5. The van der Waals surface area contributed by atoms with Crippen LogP contribution in [0.5, 0.6) is 0 Å². The molecule has 51 heavy (non-hydrogen) atoms. The molecule has 6 nitrogen and oxygen atoms in total. The van der Waals surface area contributed by atoms with Gasteiger partial charge >= 0.3 is 13.1 Å². The second kappa shape index (κ2) is 15.3. The lowest BCUT2D eigenvalue weighted by Gasteiger charge is -2.37. The molecule has 1 amide bonds. The van der Waals surface area contributed by atoms with Crippen molar-refractivity contribution < 1.29 is 24.0 Å². The average Bonchev–Trinajstić information content (AvgIpc) is 3.34. The Bertz CT molecular complexity index is 1650. The van der Waals surface area contributed by atoms with E-state index in [2.05, 4.69) is 48.6 Å². The van der Waals surface area contributed by atoms with Gasteiger partial charge in [0.25, 0.3) is 0 Å². The number of nitrogens with one attached hydrogen (secondary N) is 1. The van der Waals surface area contributed by atoms with Gasteiger partial charge in [0.15, 0.2) is 0 Å². The number of carbonyl (C=O) groups is 2. The maximum absolute atomic E-state index is 13.4. The summed E-state index contributed by atoms with van der Waals surface area (Å²) >= 11 is 0. The Labute approximate surface area is 306 Å². The van der Waals surface area contributed by atoms with Crippen LogP contribution >= 0.6 is 0 Å². The summed E-state index contributed by atoms with van der Waals surface area (Å²) in [5.41, 5.74) is 5.32. The third-order valence-corrected chi connectivity index (χ3v) is 12.9. The largest absolute Gasteiger partial charge is 0.495 e. The van der Waals surface area contributed by atoms with Crippen LogP contribution in [0.15, 0.2) is 66.7 Å². The molecule has 1 saturated heterocycles. The molecule has 272 valence electrons. The fourth-order valence-corrected chi connectivity index (χ4v) is 8.63. The average molecular weight is 692 g/mol. The number of rotatable bonds is 11. The van der Waals surface area contributed by atoms with E-state index in [9.17, 15) is 14.7 Å². The predicted octanol–water partition coefficient (Wildman–Crippen LogP) is 9.97. The molecule has 3 aromatic carbocycles. The molecule has 0 bridgehead atoms. The minimum Gasteiger partial charge on any atom is -0.481 e. The van der Waals surface area contributed by atoms with Gasteiger partial charge in [0.2, 0.25) is 5.91 Å². The Balaban J connectivity index is 1.04. The quantitative estimate of drug-likeness (QED) is 0.155. The smallest absolute Gasteiger partial charge is 0.481 e. The summed E-state index contributed by atoms with van der Waals surface area (Å²) in [5.74, 6) is 0.459. The monoisotopic (exact) mass is 691 g/mol. The normalized spacial score (nSPS) is 25.8. The van der Waals surface area contributed by atoms with Gasteiger partial charge in [0.05, 0.1) is 16.6 Å². The number of hydrogen-bond donors (Lipinski definition) is 2. The van der Waals surface area contributed by atoms with Crippen LogP contribution in [-0.2, 0) is 24.3 Å². The van der Waals surface area contributed by atoms with Crippen LogP contribution < -0.4 is 10.8 Å². The SMILES string of the molecule is CCCCC[C@H]1CC[C@H](c2ccc(-c3ccc([C@]4(C(=O)O)CC[C@H](C(=O)Nc5ccc(B6OC(C)(C)C(C)(C)O6)c(C)c5)CC4)cc3)cc2)CC1. The van der Waals surface area contributed by atoms with Gasteiger partial charge in [-0.25, -0.2) is 0 Å². The zero-order valence-corrected chi connectivity index (χ0v) is 31.7. The number of carboxylic acid groups (broad SMARTS) is 1. The second-order valence-corrected chi connectivity index (χ2v) is 16.7. The Morgan fingerprint density at radius 2 is 1.39 bits per heavy atom. The van der Waals surface area contributed by atoms with E-state index in [4.69, 9.17) is 9.31 Å². The van der Waals surface area contributed by atoms with Gasteiger partial charge in [-0.2, -0.15) is 0 Å². The number of carbonyl (C=O) groups excluding carboxylic acids is 1. The molecule has 3 aromatic rings. The Kier molecular flexibility index (Phi) is 11.2. The summed E-state index contributed by atoms with van der Waals surface area (Å²) in [6, 6.07) is 22.9. The van der Waals surface area contributed by atoms with E-state index >= 15 is 0 Å². The molecule has 0 aromatic heterocycles. The summed E-state index contributed by atoms with van der Waals surface area (Å²) in [6.07, 6.45) is 12.6. The number of benzene rings is 3. The summed E-state index contributed by atoms with van der Waals surface area (Å²) < 4.78 is 12.5. The van der Waals surface area contributed by atoms with Crippen LogP contribution in [0, 0.1) is 18.8 Å². The molecular formula is C44H58BNO5. The molecule has 0 spiro atoms. The number of aryl methyl sites for hydroxylation is 1.